The number of nitrogens with zero attached hydrogens (tertiary/aromatic N) is 4. The van der Waals surface area contributed by atoms with Gasteiger partial charge in [0.2, 0.25) is 0 Å². The van der Waals surface area contributed by atoms with Gasteiger partial charge in [0.05, 0.1) is 0 Å². The van der Waals surface area contributed by atoms with Crippen LogP contribution in [0.1, 0.15) is 0 Å². The molecule has 0 N–H and O–H groups in total. The van der Waals surface area contributed by atoms with Crippen molar-refractivity contribution < 1.29 is 26.5 Å². The van der Waals surface area contributed by atoms with Gasteiger partial charge >= 0.3 is 138 Å². The summed E-state index contributed by atoms with van der Waals surface area (Å²) in [4.78, 5) is 15.5. The molecule has 22 heavy (non-hydrogen) atoms. The molecular weight excluding hydrogens is 319 g/mol. The predicted molar refractivity (Wildman–Crippen MR) is 82.5 cm³/mol. The summed E-state index contributed by atoms with van der Waals surface area (Å²) in [6.45, 7) is 3.87. The number of hydrogen-bond acceptors (Lipinski definition) is 6. The number of anilines is 1. The molecule has 0 bridgehead atoms. The van der Waals surface area contributed by atoms with Gasteiger partial charge in [0.25, 0.3) is 0 Å². The minimum atomic E-state index is 0.683. The molecule has 0 saturated carbocycles. The normalized spacial score (nSPS) is 15.8. The molecule has 0 aliphatic carbocycles. The first kappa shape index (κ1) is 15.3. The first-order valence-electron chi connectivity index (χ1n) is 7.10. The number of hydrogen-bond donors (Lipinski definition) is 0. The van der Waals surface area contributed by atoms with Crippen molar-refractivity contribution in [2.24, 2.45) is 0 Å². The fourth-order valence-electron chi connectivity index (χ4n) is 2.67. The number of piperazine rings is 1. The van der Waals surface area contributed by atoms with E-state index in [0.29, 0.717) is 11.5 Å². The number of benzene rings is 1. The van der Waals surface area contributed by atoms with Gasteiger partial charge in [0, 0.05) is 0 Å². The molecule has 2 heterocycles. The van der Waals surface area contributed by atoms with Crippen LogP contribution in [0.3, 0.4) is 0 Å². The number of aromatic nitrogens is 2. The van der Waals surface area contributed by atoms with Gasteiger partial charge in [-0.05, 0) is 0 Å². The molecule has 0 spiro atoms. The average molecular weight is 337 g/mol. The van der Waals surface area contributed by atoms with E-state index in [9.17, 15) is 0 Å². The van der Waals surface area contributed by atoms with E-state index in [-0.39, 0.29) is 0 Å². The third-order valence-corrected chi connectivity index (χ3v) is 4.41. The molecule has 0 amide bonds. The van der Waals surface area contributed by atoms with Crippen molar-refractivity contribution >= 4 is 21.6 Å². The quantitative estimate of drug-likeness (QED) is 0.832. The van der Waals surface area contributed by atoms with E-state index in [1.165, 1.54) is 0 Å². The topological polar surface area (TPSA) is 50.7 Å². The van der Waals surface area contributed by atoms with E-state index in [0.717, 1.165) is 42.9 Å². The van der Waals surface area contributed by atoms with Crippen LogP contribution >= 0.6 is 0 Å². The van der Waals surface area contributed by atoms with Gasteiger partial charge in [-0.2, -0.15) is 0 Å². The Morgan fingerprint density at radius 2 is 1.73 bits per heavy atom. The first-order valence-corrected chi connectivity index (χ1v) is 7.90. The SMILES string of the molecule is COc1cc2ncnc(N3CCN([CH]=[V])CC3)c2cc1OC. The molecule has 2 aromatic rings. The van der Waals surface area contributed by atoms with Crippen molar-refractivity contribution in [2.45, 2.75) is 0 Å². The molecule has 6 nitrogen and oxygen atoms in total. The molecule has 1 aliphatic heterocycles. The summed E-state index contributed by atoms with van der Waals surface area (Å²) in [5.41, 5.74) is 0.865. The van der Waals surface area contributed by atoms with Gasteiger partial charge < -0.3 is 0 Å². The Balaban J connectivity index is 2.01. The van der Waals surface area contributed by atoms with E-state index in [1.807, 2.05) is 12.1 Å². The van der Waals surface area contributed by atoms with Crippen LogP contribution in [-0.4, -0.2) is 60.1 Å². The van der Waals surface area contributed by atoms with Gasteiger partial charge in [-0.1, -0.05) is 0 Å². The van der Waals surface area contributed by atoms with Crippen molar-refractivity contribution in [1.29, 1.82) is 0 Å². The zero-order valence-electron chi connectivity index (χ0n) is 12.7. The van der Waals surface area contributed by atoms with Crippen LogP contribution in [0.2, 0.25) is 0 Å². The summed E-state index contributed by atoms with van der Waals surface area (Å²) in [5, 5.41) is 0.991. The Labute approximate surface area is 138 Å². The molecule has 0 radical (unpaired) electrons. The second kappa shape index (κ2) is 6.65. The van der Waals surface area contributed by atoms with Crippen molar-refractivity contribution in [2.75, 3.05) is 45.3 Å². The minimum absolute atomic E-state index is 0.683. The Morgan fingerprint density at radius 3 is 2.36 bits per heavy atom. The second-order valence-electron chi connectivity index (χ2n) is 5.06. The molecule has 3 rings (SSSR count). The molecule has 7 heteroatoms. The summed E-state index contributed by atoms with van der Waals surface area (Å²) < 4.78 is 10.8. The molecule has 0 atom stereocenters. The Morgan fingerprint density at radius 1 is 1.05 bits per heavy atom. The summed E-state index contributed by atoms with van der Waals surface area (Å²) in [5.74, 6) is 2.34. The van der Waals surface area contributed by atoms with Gasteiger partial charge in [-0.15, -0.1) is 0 Å². The Hall–Kier alpha value is -1.63. The van der Waals surface area contributed by atoms with Gasteiger partial charge in [-0.3, -0.25) is 0 Å². The summed E-state index contributed by atoms with van der Waals surface area (Å²) in [6.07, 6.45) is 1.61. The van der Waals surface area contributed by atoms with Gasteiger partial charge in [0.1, 0.15) is 0 Å². The van der Waals surface area contributed by atoms with Crippen LogP contribution < -0.4 is 14.4 Å². The fourth-order valence-corrected chi connectivity index (χ4v) is 3.03. The van der Waals surface area contributed by atoms with Crippen molar-refractivity contribution in [1.82, 2.24) is 14.9 Å². The molecule has 1 aliphatic rings. The molecule has 115 valence electrons. The molecule has 0 unspecified atom stereocenters. The standard InChI is InChI=1S/C15H18N4O2.V/c1-18-4-6-19(7-5-18)15-11-8-13(20-2)14(21-3)9-12(11)16-10-17-15;/h1,8-10H,4-7H2,2-3H3;. The maximum absolute atomic E-state index is 5.41. The Kier molecular flexibility index (Phi) is 4.61. The fraction of sp³-hybridized carbons (Fsp3) is 0.400. The number of rotatable bonds is 4. The molecule has 1 aromatic heterocycles. The van der Waals surface area contributed by atoms with Crippen LogP contribution in [0.25, 0.3) is 10.9 Å². The second-order valence-corrected chi connectivity index (χ2v) is 5.42. The molecule has 1 saturated heterocycles. The third kappa shape index (κ3) is 2.82. The van der Waals surface area contributed by atoms with E-state index in [1.54, 1.807) is 20.5 Å². The zero-order valence-corrected chi connectivity index (χ0v) is 14.1. The zero-order chi connectivity index (χ0) is 15.5. The van der Waals surface area contributed by atoms with Crippen molar-refractivity contribution in [3.63, 3.8) is 0 Å². The summed E-state index contributed by atoms with van der Waals surface area (Å²) in [6, 6.07) is 3.85. The molecule has 1 aromatic carbocycles. The van der Waals surface area contributed by atoms with Gasteiger partial charge in [0.15, 0.2) is 0 Å². The summed E-state index contributed by atoms with van der Waals surface area (Å²) >= 11 is 2.51. The first-order chi connectivity index (χ1) is 10.8. The van der Waals surface area contributed by atoms with Crippen molar-refractivity contribution in [3.8, 4) is 11.5 Å². The van der Waals surface area contributed by atoms with Crippen molar-refractivity contribution in [3.05, 3.63) is 18.5 Å². The summed E-state index contributed by atoms with van der Waals surface area (Å²) in [7, 11) is 3.27. The number of fused-ring (bicyclic) bond motifs is 1. The van der Waals surface area contributed by atoms with Crippen LogP contribution in [-0.2, 0) is 17.0 Å². The Bertz CT molecular complexity index is 687. The maximum atomic E-state index is 5.41. The van der Waals surface area contributed by atoms with Crippen LogP contribution in [0.4, 0.5) is 5.82 Å². The average Bonchev–Trinajstić information content (AvgIpc) is 2.60. The van der Waals surface area contributed by atoms with E-state index in [2.05, 4.69) is 41.6 Å². The van der Waals surface area contributed by atoms with E-state index in [4.69, 9.17) is 9.47 Å². The van der Waals surface area contributed by atoms with Crippen LogP contribution in [0, 0.1) is 0 Å². The molecular formula is C15H18N4O2V. The van der Waals surface area contributed by atoms with Crippen LogP contribution in [0.5, 0.6) is 11.5 Å². The van der Waals surface area contributed by atoms with E-state index >= 15 is 0 Å². The van der Waals surface area contributed by atoms with Crippen LogP contribution in [0.15, 0.2) is 18.5 Å². The van der Waals surface area contributed by atoms with Gasteiger partial charge in [-0.25, -0.2) is 0 Å². The third-order valence-electron chi connectivity index (χ3n) is 3.90. The number of ether oxygens (including phenoxy) is 2. The van der Waals surface area contributed by atoms with E-state index < -0.39 is 0 Å². The number of methoxy groups -OCH3 is 2. The monoisotopic (exact) mass is 337 g/mol. The predicted octanol–water partition coefficient (Wildman–Crippen LogP) is 1.08. The molecule has 1 fully saturated rings.